The first-order valence-corrected chi connectivity index (χ1v) is 14.1. The summed E-state index contributed by atoms with van der Waals surface area (Å²) in [6.45, 7) is 20.1. The first-order valence-electron chi connectivity index (χ1n) is 13.7. The molecule has 0 saturated carbocycles. The van der Waals surface area contributed by atoms with Crippen LogP contribution in [0.5, 0.6) is 0 Å². The van der Waals surface area contributed by atoms with Crippen molar-refractivity contribution in [2.45, 2.75) is 80.0 Å². The zero-order valence-electron chi connectivity index (χ0n) is 25.0. The monoisotopic (exact) mass is 532 g/mol. The van der Waals surface area contributed by atoms with Crippen molar-refractivity contribution in [3.05, 3.63) is 94.1 Å². The van der Waals surface area contributed by atoms with Gasteiger partial charge in [-0.05, 0) is 96.0 Å². The number of rotatable bonds is 6. The Morgan fingerprint density at radius 2 is 1.84 bits per heavy atom. The van der Waals surface area contributed by atoms with Crippen molar-refractivity contribution >= 4 is 11.6 Å². The number of hydrogen-bond acceptors (Lipinski definition) is 2. The van der Waals surface area contributed by atoms with Crippen molar-refractivity contribution in [2.24, 2.45) is 5.92 Å². The molecule has 1 aliphatic heterocycles. The smallest absolute Gasteiger partial charge is 0.0994 e. The van der Waals surface area contributed by atoms with Crippen LogP contribution in [0.4, 0.5) is 0 Å². The third kappa shape index (κ3) is 16.1. The zero-order chi connectivity index (χ0) is 28.9. The fourth-order valence-electron chi connectivity index (χ4n) is 4.08. The molecule has 0 aromatic heterocycles. The van der Waals surface area contributed by atoms with Gasteiger partial charge in [0.05, 0.1) is 11.6 Å². The molecule has 206 valence electrons. The molecule has 0 N–H and O–H groups in total. The van der Waals surface area contributed by atoms with Gasteiger partial charge < -0.3 is 0 Å². The summed E-state index contributed by atoms with van der Waals surface area (Å²) in [6, 6.07) is 16.4. The van der Waals surface area contributed by atoms with E-state index in [0.29, 0.717) is 0 Å². The van der Waals surface area contributed by atoms with Crippen molar-refractivity contribution in [3.63, 3.8) is 0 Å². The number of terminal acetylenes is 1. The van der Waals surface area contributed by atoms with Crippen LogP contribution in [-0.4, -0.2) is 29.9 Å². The molecule has 1 fully saturated rings. The van der Waals surface area contributed by atoms with Gasteiger partial charge >= 0.3 is 0 Å². The first-order chi connectivity index (χ1) is 18.1. The first kappa shape index (κ1) is 35.2. The van der Waals surface area contributed by atoms with Gasteiger partial charge in [-0.25, -0.2) is 0 Å². The summed E-state index contributed by atoms with van der Waals surface area (Å²) >= 11 is 5.88. The lowest BCUT2D eigenvalue weighted by Crippen LogP contribution is -2.22. The molecule has 2 aromatic carbocycles. The highest BCUT2D eigenvalue weighted by molar-refractivity contribution is 6.21. The van der Waals surface area contributed by atoms with E-state index in [2.05, 4.69) is 93.5 Å². The Bertz CT molecular complexity index is 1070. The second-order valence-corrected chi connectivity index (χ2v) is 10.6. The van der Waals surface area contributed by atoms with E-state index >= 15 is 0 Å². The number of nitrogens with zero attached hydrogens (tertiary/aromatic N) is 2. The van der Waals surface area contributed by atoms with Crippen molar-refractivity contribution in [1.29, 1.82) is 5.26 Å². The van der Waals surface area contributed by atoms with Gasteiger partial charge in [0.15, 0.2) is 0 Å². The maximum absolute atomic E-state index is 8.56. The van der Waals surface area contributed by atoms with E-state index in [0.717, 1.165) is 36.4 Å². The number of alkyl halides is 1. The highest BCUT2D eigenvalue weighted by Gasteiger charge is 2.18. The van der Waals surface area contributed by atoms with Gasteiger partial charge in [0.25, 0.3) is 0 Å². The molecular formula is C35H49ClN2. The lowest BCUT2D eigenvalue weighted by molar-refractivity contribution is 0.354. The van der Waals surface area contributed by atoms with Crippen molar-refractivity contribution in [3.8, 4) is 18.4 Å². The second kappa shape index (κ2) is 21.2. The van der Waals surface area contributed by atoms with Gasteiger partial charge in [0, 0.05) is 18.5 Å². The van der Waals surface area contributed by atoms with Gasteiger partial charge in [-0.1, -0.05) is 79.6 Å². The fourth-order valence-corrected chi connectivity index (χ4v) is 4.19. The highest BCUT2D eigenvalue weighted by atomic mass is 35.5. The zero-order valence-corrected chi connectivity index (χ0v) is 25.8. The number of likely N-dealkylation sites (tertiary alicyclic amines) is 1. The molecule has 3 heteroatoms. The summed E-state index contributed by atoms with van der Waals surface area (Å²) in [7, 11) is 0. The van der Waals surface area contributed by atoms with Gasteiger partial charge in [-0.3, -0.25) is 4.90 Å². The second-order valence-electron chi connectivity index (χ2n) is 9.88. The van der Waals surface area contributed by atoms with Crippen LogP contribution in [0.15, 0.2) is 66.3 Å². The van der Waals surface area contributed by atoms with Crippen molar-refractivity contribution in [2.75, 3.05) is 19.6 Å². The molecule has 3 rings (SSSR count). The lowest BCUT2D eigenvalue weighted by atomic mass is 10.1. The summed E-state index contributed by atoms with van der Waals surface area (Å²) < 4.78 is 0. The molecule has 1 aliphatic rings. The Labute approximate surface area is 239 Å². The topological polar surface area (TPSA) is 27.0 Å². The van der Waals surface area contributed by atoms with Crippen LogP contribution < -0.4 is 0 Å². The van der Waals surface area contributed by atoms with E-state index in [1.54, 1.807) is 6.92 Å². The van der Waals surface area contributed by atoms with Crippen LogP contribution in [-0.2, 0) is 6.42 Å². The minimum absolute atomic E-state index is 0.143. The van der Waals surface area contributed by atoms with Crippen LogP contribution >= 0.6 is 11.6 Å². The van der Waals surface area contributed by atoms with E-state index in [1.807, 2.05) is 39.0 Å². The molecule has 0 spiro atoms. The van der Waals surface area contributed by atoms with E-state index in [9.17, 15) is 0 Å². The number of allylic oxidation sites excluding steroid dienone is 3. The van der Waals surface area contributed by atoms with Crippen LogP contribution in [0, 0.1) is 50.4 Å². The summed E-state index contributed by atoms with van der Waals surface area (Å²) in [4.78, 5) is 2.55. The minimum atomic E-state index is 0.143. The Morgan fingerprint density at radius 3 is 2.29 bits per heavy atom. The van der Waals surface area contributed by atoms with E-state index < -0.39 is 0 Å². The summed E-state index contributed by atoms with van der Waals surface area (Å²) in [5, 5.41) is 8.70. The van der Waals surface area contributed by atoms with E-state index in [1.165, 1.54) is 41.8 Å². The normalized spacial score (nSPS) is 15.6. The molecule has 0 aliphatic carbocycles. The maximum Gasteiger partial charge on any atom is 0.0994 e. The number of halogens is 1. The largest absolute Gasteiger partial charge is 0.299 e. The minimum Gasteiger partial charge on any atom is -0.299 e. The molecule has 1 saturated heterocycles. The quantitative estimate of drug-likeness (QED) is 0.210. The van der Waals surface area contributed by atoms with Crippen molar-refractivity contribution < 1.29 is 0 Å². The van der Waals surface area contributed by atoms with Gasteiger partial charge in [-0.15, -0.1) is 23.9 Å². The summed E-state index contributed by atoms with van der Waals surface area (Å²) in [6.07, 6.45) is 14.6. The predicted octanol–water partition coefficient (Wildman–Crippen LogP) is 9.22. The SMILES string of the molecule is C#CC.C/C=C(\C/C=C\C(C)Cl)CN1CCC(C)C1.CCc1ccccc1C.Cc1ccc(C#N)c(C)c1. The molecule has 0 radical (unpaired) electrons. The summed E-state index contributed by atoms with van der Waals surface area (Å²) in [5.74, 6) is 3.12. The number of aryl methyl sites for hydroxylation is 4. The average molecular weight is 533 g/mol. The Kier molecular flexibility index (Phi) is 19.6. The third-order valence-electron chi connectivity index (χ3n) is 6.27. The lowest BCUT2D eigenvalue weighted by Gasteiger charge is -2.16. The van der Waals surface area contributed by atoms with Crippen molar-refractivity contribution in [1.82, 2.24) is 4.90 Å². The number of nitriles is 1. The molecule has 2 atom stereocenters. The molecule has 0 amide bonds. The third-order valence-corrected chi connectivity index (χ3v) is 6.41. The molecule has 2 aromatic rings. The van der Waals surface area contributed by atoms with Crippen LogP contribution in [0.25, 0.3) is 0 Å². The fraction of sp³-hybridized carbons (Fsp3) is 0.457. The van der Waals surface area contributed by atoms with Gasteiger partial charge in [-0.2, -0.15) is 5.26 Å². The van der Waals surface area contributed by atoms with Crippen LogP contribution in [0.1, 0.15) is 75.3 Å². The van der Waals surface area contributed by atoms with Gasteiger partial charge in [0.1, 0.15) is 0 Å². The van der Waals surface area contributed by atoms with E-state index in [4.69, 9.17) is 16.9 Å². The number of hydrogen-bond donors (Lipinski definition) is 0. The molecule has 2 nitrogen and oxygen atoms in total. The predicted molar refractivity (Wildman–Crippen MR) is 169 cm³/mol. The Balaban J connectivity index is 0.000000537. The van der Waals surface area contributed by atoms with Gasteiger partial charge in [0.2, 0.25) is 0 Å². The van der Waals surface area contributed by atoms with Crippen LogP contribution in [0.2, 0.25) is 0 Å². The van der Waals surface area contributed by atoms with E-state index in [-0.39, 0.29) is 5.38 Å². The Hall–Kier alpha value is -2.78. The Morgan fingerprint density at radius 1 is 1.18 bits per heavy atom. The molecule has 38 heavy (non-hydrogen) atoms. The molecular weight excluding hydrogens is 484 g/mol. The molecule has 2 unspecified atom stereocenters. The molecule has 1 heterocycles. The average Bonchev–Trinajstić information content (AvgIpc) is 3.29. The highest BCUT2D eigenvalue weighted by Crippen LogP contribution is 2.17. The molecule has 0 bridgehead atoms. The number of benzene rings is 2. The standard InChI is InChI=1S/C14H24ClN.C9H9N.C9H12.C3H4/c1-4-14(7-5-6-13(3)15)11-16-9-8-12(2)10-16;1-7-3-4-9(6-10)8(2)5-7;1-3-9-7-5-4-6-8(9)2;1-3-2/h4-6,12-13H,7-11H2,1-3H3;3-5H,1-2H3;4-7H,3H2,1-2H3;1H,2H3/b6-5-,14-4+;;;. The summed E-state index contributed by atoms with van der Waals surface area (Å²) in [5.41, 5.74) is 7.39. The maximum atomic E-state index is 8.56. The van der Waals surface area contributed by atoms with Crippen LogP contribution in [0.3, 0.4) is 0 Å².